The van der Waals surface area contributed by atoms with Crippen molar-refractivity contribution in [3.63, 3.8) is 0 Å². The van der Waals surface area contributed by atoms with Gasteiger partial charge in [-0.2, -0.15) is 0 Å². The van der Waals surface area contributed by atoms with E-state index in [9.17, 15) is 19.7 Å². The van der Waals surface area contributed by atoms with Crippen molar-refractivity contribution in [2.75, 3.05) is 17.7 Å². The second-order valence-corrected chi connectivity index (χ2v) is 6.52. The largest absolute Gasteiger partial charge is 0.497 e. The van der Waals surface area contributed by atoms with Crippen molar-refractivity contribution in [1.82, 2.24) is 0 Å². The van der Waals surface area contributed by atoms with Crippen molar-refractivity contribution in [2.45, 2.75) is 0 Å². The van der Waals surface area contributed by atoms with Crippen LogP contribution in [0.2, 0.25) is 5.02 Å². The minimum atomic E-state index is -0.724. The Labute approximate surface area is 176 Å². The molecule has 2 N–H and O–H groups in total. The van der Waals surface area contributed by atoms with Crippen LogP contribution in [-0.4, -0.2) is 23.8 Å². The molecule has 0 radical (unpaired) electrons. The Balaban J connectivity index is 1.83. The number of benzene rings is 3. The van der Waals surface area contributed by atoms with Crippen LogP contribution in [-0.2, 0) is 0 Å². The summed E-state index contributed by atoms with van der Waals surface area (Å²) in [5.41, 5.74) is 0.490. The second kappa shape index (κ2) is 9.06. The molecule has 9 heteroatoms. The lowest BCUT2D eigenvalue weighted by Gasteiger charge is -2.11. The van der Waals surface area contributed by atoms with Gasteiger partial charge in [0.2, 0.25) is 0 Å². The molecule has 0 aliphatic carbocycles. The van der Waals surface area contributed by atoms with Crippen LogP contribution in [0.15, 0.2) is 66.7 Å². The fraction of sp³-hybridized carbons (Fsp3) is 0.0476. The molecule has 8 nitrogen and oxygen atoms in total. The zero-order valence-electron chi connectivity index (χ0n) is 15.7. The van der Waals surface area contributed by atoms with E-state index < -0.39 is 16.5 Å². The van der Waals surface area contributed by atoms with Crippen LogP contribution in [0.5, 0.6) is 5.75 Å². The van der Waals surface area contributed by atoms with E-state index in [0.29, 0.717) is 11.3 Å². The van der Waals surface area contributed by atoms with E-state index in [4.69, 9.17) is 16.3 Å². The zero-order chi connectivity index (χ0) is 21.7. The Morgan fingerprint density at radius 2 is 1.70 bits per heavy atom. The predicted octanol–water partition coefficient (Wildman–Crippen LogP) is 4.76. The first kappa shape index (κ1) is 20.8. The van der Waals surface area contributed by atoms with Crippen LogP contribution in [0.1, 0.15) is 20.7 Å². The van der Waals surface area contributed by atoms with E-state index in [1.807, 2.05) is 0 Å². The number of amides is 2. The second-order valence-electron chi connectivity index (χ2n) is 6.11. The molecule has 0 heterocycles. The quantitative estimate of drug-likeness (QED) is 0.437. The SMILES string of the molecule is COc1ccc(C(=O)Nc2cc(NC(=O)c3ccccc3)ccc2Cl)c([N+](=O)[O-])c1. The topological polar surface area (TPSA) is 111 Å². The molecule has 0 spiro atoms. The molecule has 3 aromatic carbocycles. The Hall–Kier alpha value is -3.91. The summed E-state index contributed by atoms with van der Waals surface area (Å²) < 4.78 is 4.97. The highest BCUT2D eigenvalue weighted by molar-refractivity contribution is 6.34. The molecule has 30 heavy (non-hydrogen) atoms. The number of ether oxygens (including phenoxy) is 1. The molecule has 3 rings (SSSR count). The summed E-state index contributed by atoms with van der Waals surface area (Å²) in [5.74, 6) is -0.805. The molecule has 2 amide bonds. The van der Waals surface area contributed by atoms with Crippen molar-refractivity contribution in [3.8, 4) is 5.75 Å². The fourth-order valence-electron chi connectivity index (χ4n) is 2.66. The van der Waals surface area contributed by atoms with E-state index in [-0.39, 0.29) is 27.9 Å². The molecule has 0 atom stereocenters. The van der Waals surface area contributed by atoms with Gasteiger partial charge in [-0.1, -0.05) is 29.8 Å². The summed E-state index contributed by atoms with van der Waals surface area (Å²) in [7, 11) is 1.37. The van der Waals surface area contributed by atoms with Crippen molar-refractivity contribution >= 4 is 40.5 Å². The highest BCUT2D eigenvalue weighted by Crippen LogP contribution is 2.29. The third-order valence-corrected chi connectivity index (χ3v) is 4.48. The number of anilines is 2. The molecule has 0 saturated heterocycles. The summed E-state index contributed by atoms with van der Waals surface area (Å²) in [6.07, 6.45) is 0. The molecule has 0 aliphatic heterocycles. The number of nitro benzene ring substituents is 1. The zero-order valence-corrected chi connectivity index (χ0v) is 16.5. The van der Waals surface area contributed by atoms with Gasteiger partial charge in [0.05, 0.1) is 28.8 Å². The Bertz CT molecular complexity index is 1120. The van der Waals surface area contributed by atoms with Gasteiger partial charge in [-0.25, -0.2) is 0 Å². The number of nitrogens with zero attached hydrogens (tertiary/aromatic N) is 1. The molecule has 0 unspecified atom stereocenters. The van der Waals surface area contributed by atoms with Crippen molar-refractivity contribution in [3.05, 3.63) is 93.0 Å². The van der Waals surface area contributed by atoms with Gasteiger partial charge >= 0.3 is 0 Å². The first-order valence-electron chi connectivity index (χ1n) is 8.69. The predicted molar refractivity (Wildman–Crippen MR) is 113 cm³/mol. The number of methoxy groups -OCH3 is 1. The van der Waals surface area contributed by atoms with Crippen LogP contribution in [0.3, 0.4) is 0 Å². The summed E-state index contributed by atoms with van der Waals surface area (Å²) in [6.45, 7) is 0. The average Bonchev–Trinajstić information content (AvgIpc) is 2.76. The van der Waals surface area contributed by atoms with Crippen LogP contribution < -0.4 is 15.4 Å². The average molecular weight is 426 g/mol. The number of hydrogen-bond acceptors (Lipinski definition) is 5. The third-order valence-electron chi connectivity index (χ3n) is 4.15. The fourth-order valence-corrected chi connectivity index (χ4v) is 2.83. The molecular formula is C21H16ClN3O5. The van der Waals surface area contributed by atoms with E-state index in [1.165, 1.54) is 31.4 Å². The summed E-state index contributed by atoms with van der Waals surface area (Å²) in [4.78, 5) is 35.6. The standard InChI is InChI=1S/C21H16ClN3O5/c1-30-15-8-9-16(19(12-15)25(28)29)21(27)24-18-11-14(7-10-17(18)22)23-20(26)13-5-3-2-4-6-13/h2-12H,1H3,(H,23,26)(H,24,27). The van der Waals surface area contributed by atoms with E-state index >= 15 is 0 Å². The Morgan fingerprint density at radius 3 is 2.37 bits per heavy atom. The number of nitrogens with one attached hydrogen (secondary N) is 2. The van der Waals surface area contributed by atoms with Gasteiger partial charge in [-0.05, 0) is 42.5 Å². The molecule has 0 bridgehead atoms. The Morgan fingerprint density at radius 1 is 0.967 bits per heavy atom. The monoisotopic (exact) mass is 425 g/mol. The van der Waals surface area contributed by atoms with Gasteiger partial charge < -0.3 is 15.4 Å². The van der Waals surface area contributed by atoms with Crippen LogP contribution in [0.4, 0.5) is 17.1 Å². The van der Waals surface area contributed by atoms with Gasteiger partial charge in [0.25, 0.3) is 17.5 Å². The third kappa shape index (κ3) is 4.73. The lowest BCUT2D eigenvalue weighted by molar-refractivity contribution is -0.385. The first-order valence-corrected chi connectivity index (χ1v) is 9.06. The molecule has 0 saturated carbocycles. The maximum atomic E-state index is 12.6. The molecule has 0 aromatic heterocycles. The smallest absolute Gasteiger partial charge is 0.285 e. The van der Waals surface area contributed by atoms with Gasteiger partial charge in [-0.15, -0.1) is 0 Å². The number of halogens is 1. The number of hydrogen-bond donors (Lipinski definition) is 2. The van der Waals surface area contributed by atoms with E-state index in [1.54, 1.807) is 36.4 Å². The molecule has 0 aliphatic rings. The molecular weight excluding hydrogens is 410 g/mol. The highest BCUT2D eigenvalue weighted by Gasteiger charge is 2.22. The Kier molecular flexibility index (Phi) is 6.29. The van der Waals surface area contributed by atoms with Gasteiger partial charge in [0.15, 0.2) is 0 Å². The molecule has 0 fully saturated rings. The van der Waals surface area contributed by atoms with Gasteiger partial charge in [0.1, 0.15) is 11.3 Å². The van der Waals surface area contributed by atoms with Crippen LogP contribution in [0, 0.1) is 10.1 Å². The van der Waals surface area contributed by atoms with E-state index in [0.717, 1.165) is 6.07 Å². The lowest BCUT2D eigenvalue weighted by atomic mass is 10.1. The van der Waals surface area contributed by atoms with E-state index in [2.05, 4.69) is 10.6 Å². The van der Waals surface area contributed by atoms with Crippen molar-refractivity contribution in [2.24, 2.45) is 0 Å². The van der Waals surface area contributed by atoms with Gasteiger partial charge in [0, 0.05) is 11.3 Å². The summed E-state index contributed by atoms with van der Waals surface area (Å²) in [5, 5.41) is 16.8. The van der Waals surface area contributed by atoms with Crippen LogP contribution in [0.25, 0.3) is 0 Å². The van der Waals surface area contributed by atoms with Crippen molar-refractivity contribution in [1.29, 1.82) is 0 Å². The number of carbonyl (C=O) groups excluding carboxylic acids is 2. The van der Waals surface area contributed by atoms with Gasteiger partial charge in [-0.3, -0.25) is 19.7 Å². The number of carbonyl (C=O) groups is 2. The normalized spacial score (nSPS) is 10.2. The van der Waals surface area contributed by atoms with Crippen molar-refractivity contribution < 1.29 is 19.2 Å². The summed E-state index contributed by atoms with van der Waals surface area (Å²) in [6, 6.07) is 17.0. The number of nitro groups is 1. The number of rotatable bonds is 6. The van der Waals surface area contributed by atoms with Crippen LogP contribution >= 0.6 is 11.6 Å². The minimum absolute atomic E-state index is 0.157. The maximum absolute atomic E-state index is 12.6. The minimum Gasteiger partial charge on any atom is -0.497 e. The molecule has 152 valence electrons. The maximum Gasteiger partial charge on any atom is 0.285 e. The first-order chi connectivity index (χ1) is 14.4. The lowest BCUT2D eigenvalue weighted by Crippen LogP contribution is -2.15. The molecule has 3 aromatic rings. The summed E-state index contributed by atoms with van der Waals surface area (Å²) >= 11 is 6.15. The highest BCUT2D eigenvalue weighted by atomic mass is 35.5.